The molecule has 2 aromatic rings. The maximum Gasteiger partial charge on any atom is 0.295 e. The number of methoxy groups -OCH3 is 1. The molecule has 0 saturated heterocycles. The van der Waals surface area contributed by atoms with Crippen LogP contribution in [0.1, 0.15) is 20.8 Å². The molecule has 2 N–H and O–H groups in total. The van der Waals surface area contributed by atoms with Gasteiger partial charge in [0.1, 0.15) is 11.4 Å². The van der Waals surface area contributed by atoms with Crippen LogP contribution in [-0.2, 0) is 10.0 Å². The number of anilines is 2. The van der Waals surface area contributed by atoms with Crippen molar-refractivity contribution in [3.63, 3.8) is 0 Å². The zero-order valence-corrected chi connectivity index (χ0v) is 16.8. The molecule has 0 aliphatic carbocycles. The summed E-state index contributed by atoms with van der Waals surface area (Å²) in [6.07, 6.45) is 0. The van der Waals surface area contributed by atoms with E-state index in [-0.39, 0.29) is 22.2 Å². The second kappa shape index (κ2) is 8.70. The Labute approximate surface area is 163 Å². The molecular weight excluding hydrogens is 384 g/mol. The molecule has 2 aromatic carbocycles. The van der Waals surface area contributed by atoms with E-state index in [0.29, 0.717) is 5.75 Å². The summed E-state index contributed by atoms with van der Waals surface area (Å²) in [5, 5.41) is 15.5. The molecule has 2 rings (SSSR count). The van der Waals surface area contributed by atoms with Gasteiger partial charge >= 0.3 is 0 Å². The predicted octanol–water partition coefficient (Wildman–Crippen LogP) is 3.85. The van der Waals surface area contributed by atoms with Crippen LogP contribution in [-0.4, -0.2) is 26.2 Å². The summed E-state index contributed by atoms with van der Waals surface area (Å²) in [4.78, 5) is 10.5. The number of benzene rings is 2. The Morgan fingerprint density at radius 1 is 1.18 bits per heavy atom. The molecule has 28 heavy (non-hydrogen) atoms. The molecule has 10 heteroatoms. The molecule has 0 unspecified atom stereocenters. The van der Waals surface area contributed by atoms with Gasteiger partial charge in [-0.15, -0.1) is 0 Å². The molecule has 0 aliphatic rings. The van der Waals surface area contributed by atoms with Crippen molar-refractivity contribution in [2.24, 2.45) is 11.0 Å². The van der Waals surface area contributed by atoms with E-state index in [1.807, 2.05) is 13.8 Å². The zero-order chi connectivity index (χ0) is 20.9. The zero-order valence-electron chi connectivity index (χ0n) is 16.0. The van der Waals surface area contributed by atoms with E-state index in [4.69, 9.17) is 4.74 Å². The fourth-order valence-corrected chi connectivity index (χ4v) is 3.22. The molecule has 0 radical (unpaired) electrons. The summed E-state index contributed by atoms with van der Waals surface area (Å²) >= 11 is 0. The van der Waals surface area contributed by atoms with E-state index in [9.17, 15) is 18.5 Å². The molecular formula is C18H22N4O5S. The van der Waals surface area contributed by atoms with Crippen LogP contribution in [0.15, 0.2) is 52.5 Å². The topological polar surface area (TPSA) is 123 Å². The normalized spacial score (nSPS) is 12.0. The number of sulfonamides is 1. The first kappa shape index (κ1) is 21.2. The number of nitrogens with one attached hydrogen (secondary N) is 2. The number of nitro groups is 1. The van der Waals surface area contributed by atoms with E-state index in [2.05, 4.69) is 15.2 Å². The highest BCUT2D eigenvalue weighted by Crippen LogP contribution is 2.30. The van der Waals surface area contributed by atoms with E-state index >= 15 is 0 Å². The Morgan fingerprint density at radius 3 is 2.46 bits per heavy atom. The summed E-state index contributed by atoms with van der Waals surface area (Å²) in [5.74, 6) is 0.494. The number of nitrogens with zero attached hydrogens (tertiary/aromatic N) is 2. The van der Waals surface area contributed by atoms with Crippen LogP contribution >= 0.6 is 0 Å². The number of rotatable bonds is 8. The highest BCUT2D eigenvalue weighted by atomic mass is 32.2. The minimum atomic E-state index is -4.06. The van der Waals surface area contributed by atoms with Gasteiger partial charge < -0.3 is 4.74 Å². The lowest BCUT2D eigenvalue weighted by Gasteiger charge is -2.12. The number of ether oxygens (including phenoxy) is 1. The van der Waals surface area contributed by atoms with Crippen molar-refractivity contribution in [2.45, 2.75) is 25.7 Å². The average Bonchev–Trinajstić information content (AvgIpc) is 2.65. The molecule has 150 valence electrons. The molecule has 0 aliphatic heterocycles. The third-order valence-electron chi connectivity index (χ3n) is 4.02. The maximum atomic E-state index is 12.7. The van der Waals surface area contributed by atoms with Gasteiger partial charge in [-0.25, -0.2) is 8.42 Å². The van der Waals surface area contributed by atoms with Gasteiger partial charge in [0.15, 0.2) is 0 Å². The molecule has 0 spiro atoms. The standard InChI is InChI=1S/C18H22N4O5S/c1-12(2)13(3)19-20-15-10-9-14(11-17(15)22(23)24)28(25,26)21-16-7-5-6-8-18(16)27-4/h5-12,20-21H,1-4H3/b19-13+. The van der Waals surface area contributed by atoms with Crippen LogP contribution in [0.5, 0.6) is 5.75 Å². The van der Waals surface area contributed by atoms with Gasteiger partial charge in [-0.1, -0.05) is 26.0 Å². The Hall–Kier alpha value is -3.14. The summed E-state index contributed by atoms with van der Waals surface area (Å²) in [5.41, 5.74) is 3.31. The number of para-hydroxylation sites is 2. The second-order valence-electron chi connectivity index (χ2n) is 6.26. The molecule has 0 bridgehead atoms. The Kier molecular flexibility index (Phi) is 6.57. The van der Waals surface area contributed by atoms with Crippen molar-refractivity contribution in [3.8, 4) is 5.75 Å². The monoisotopic (exact) mass is 406 g/mol. The van der Waals surface area contributed by atoms with Gasteiger partial charge in [0.25, 0.3) is 15.7 Å². The third-order valence-corrected chi connectivity index (χ3v) is 5.38. The minimum Gasteiger partial charge on any atom is -0.495 e. The molecule has 0 saturated carbocycles. The van der Waals surface area contributed by atoms with Crippen molar-refractivity contribution < 1.29 is 18.1 Å². The molecule has 0 fully saturated rings. The first-order valence-corrected chi connectivity index (χ1v) is 9.88. The predicted molar refractivity (Wildman–Crippen MR) is 108 cm³/mol. The Balaban J connectivity index is 2.39. The number of hydrogen-bond donors (Lipinski definition) is 2. The van der Waals surface area contributed by atoms with E-state index < -0.39 is 20.6 Å². The van der Waals surface area contributed by atoms with Gasteiger partial charge in [0.05, 0.1) is 22.6 Å². The molecule has 0 atom stereocenters. The van der Waals surface area contributed by atoms with Crippen molar-refractivity contribution in [1.29, 1.82) is 0 Å². The van der Waals surface area contributed by atoms with Crippen LogP contribution in [0.2, 0.25) is 0 Å². The van der Waals surface area contributed by atoms with Crippen molar-refractivity contribution in [3.05, 3.63) is 52.6 Å². The van der Waals surface area contributed by atoms with Gasteiger partial charge in [-0.3, -0.25) is 20.3 Å². The smallest absolute Gasteiger partial charge is 0.295 e. The van der Waals surface area contributed by atoms with Crippen molar-refractivity contribution in [1.82, 2.24) is 0 Å². The lowest BCUT2D eigenvalue weighted by atomic mass is 10.1. The molecule has 0 aromatic heterocycles. The Bertz CT molecular complexity index is 1000. The van der Waals surface area contributed by atoms with Crippen molar-refractivity contribution in [2.75, 3.05) is 17.3 Å². The Morgan fingerprint density at radius 2 is 1.86 bits per heavy atom. The minimum absolute atomic E-state index is 0.0984. The lowest BCUT2D eigenvalue weighted by molar-refractivity contribution is -0.384. The van der Waals surface area contributed by atoms with Crippen LogP contribution in [0.25, 0.3) is 0 Å². The van der Waals surface area contributed by atoms with E-state index in [1.165, 1.54) is 25.3 Å². The lowest BCUT2D eigenvalue weighted by Crippen LogP contribution is -2.14. The van der Waals surface area contributed by atoms with Gasteiger partial charge in [0, 0.05) is 11.8 Å². The molecule has 9 nitrogen and oxygen atoms in total. The van der Waals surface area contributed by atoms with Crippen molar-refractivity contribution >= 4 is 32.8 Å². The fourth-order valence-electron chi connectivity index (χ4n) is 2.13. The van der Waals surface area contributed by atoms with E-state index in [1.54, 1.807) is 25.1 Å². The highest BCUT2D eigenvalue weighted by Gasteiger charge is 2.22. The van der Waals surface area contributed by atoms with Gasteiger partial charge in [0.2, 0.25) is 0 Å². The van der Waals surface area contributed by atoms with E-state index in [0.717, 1.165) is 11.8 Å². The summed E-state index contributed by atoms with van der Waals surface area (Å²) in [6.45, 7) is 5.67. The first-order valence-electron chi connectivity index (χ1n) is 8.40. The van der Waals surface area contributed by atoms with Crippen LogP contribution < -0.4 is 14.9 Å². The largest absolute Gasteiger partial charge is 0.495 e. The number of hydrazone groups is 1. The highest BCUT2D eigenvalue weighted by molar-refractivity contribution is 7.92. The SMILES string of the molecule is COc1ccccc1NS(=O)(=O)c1ccc(N/N=C(\C)C(C)C)c([N+](=O)[O-])c1. The van der Waals surface area contributed by atoms with Crippen LogP contribution in [0.4, 0.5) is 17.1 Å². The number of hydrogen-bond acceptors (Lipinski definition) is 7. The van der Waals surface area contributed by atoms with Gasteiger partial charge in [-0.05, 0) is 37.1 Å². The summed E-state index contributed by atoms with van der Waals surface area (Å²) in [7, 11) is -2.65. The molecule has 0 heterocycles. The van der Waals surface area contributed by atoms with Crippen LogP contribution in [0, 0.1) is 16.0 Å². The second-order valence-corrected chi connectivity index (χ2v) is 7.94. The molecule has 0 amide bonds. The third kappa shape index (κ3) is 4.97. The number of nitro benzene ring substituents is 1. The average molecular weight is 406 g/mol. The van der Waals surface area contributed by atoms with Gasteiger partial charge in [-0.2, -0.15) is 5.10 Å². The quantitative estimate of drug-likeness (QED) is 0.390. The summed E-state index contributed by atoms with van der Waals surface area (Å²) in [6, 6.07) is 10.0. The first-order chi connectivity index (χ1) is 13.2. The maximum absolute atomic E-state index is 12.7. The fraction of sp³-hybridized carbons (Fsp3) is 0.278. The summed E-state index contributed by atoms with van der Waals surface area (Å²) < 4.78 is 32.9. The van der Waals surface area contributed by atoms with Crippen LogP contribution in [0.3, 0.4) is 0 Å².